The molecule has 0 aliphatic carbocycles. The van der Waals surface area contributed by atoms with Crippen LogP contribution in [0.25, 0.3) is 0 Å². The molecule has 0 aliphatic rings. The predicted molar refractivity (Wildman–Crippen MR) is 88.4 cm³/mol. The summed E-state index contributed by atoms with van der Waals surface area (Å²) in [5, 5.41) is 3.44. The Kier molecular flexibility index (Phi) is 5.83. The summed E-state index contributed by atoms with van der Waals surface area (Å²) < 4.78 is 13.6. The van der Waals surface area contributed by atoms with Crippen LogP contribution in [0.5, 0.6) is 0 Å². The second kappa shape index (κ2) is 7.62. The Morgan fingerprint density at radius 3 is 2.62 bits per heavy atom. The molecule has 1 unspecified atom stereocenters. The lowest BCUT2D eigenvalue weighted by atomic mass is 10.1. The fourth-order valence-corrected chi connectivity index (χ4v) is 3.31. The van der Waals surface area contributed by atoms with Crippen molar-refractivity contribution in [3.05, 3.63) is 59.4 Å². The minimum absolute atomic E-state index is 0.146. The van der Waals surface area contributed by atoms with Gasteiger partial charge in [-0.15, -0.1) is 0 Å². The van der Waals surface area contributed by atoms with Crippen LogP contribution in [0.15, 0.2) is 52.3 Å². The summed E-state index contributed by atoms with van der Waals surface area (Å²) in [5.74, 6) is -0.177. The second-order valence-corrected chi connectivity index (χ2v) is 6.31. The normalized spacial score (nSPS) is 12.4. The van der Waals surface area contributed by atoms with Gasteiger partial charge in [0.2, 0.25) is 0 Å². The molecule has 0 spiro atoms. The minimum atomic E-state index is -0.177. The zero-order valence-corrected chi connectivity index (χ0v) is 13.6. The van der Waals surface area contributed by atoms with Crippen molar-refractivity contribution in [3.63, 3.8) is 0 Å². The van der Waals surface area contributed by atoms with Crippen molar-refractivity contribution in [1.82, 2.24) is 5.32 Å². The van der Waals surface area contributed by atoms with E-state index in [2.05, 4.69) is 38.2 Å². The highest BCUT2D eigenvalue weighted by Gasteiger charge is 2.13. The van der Waals surface area contributed by atoms with E-state index in [4.69, 9.17) is 0 Å². The van der Waals surface area contributed by atoms with E-state index < -0.39 is 0 Å². The maximum absolute atomic E-state index is 13.6. The Labute approximate surface area is 131 Å². The van der Waals surface area contributed by atoms with Gasteiger partial charge in [-0.1, -0.05) is 36.9 Å². The molecule has 1 atom stereocenters. The second-order valence-electron chi connectivity index (χ2n) is 5.23. The first-order valence-corrected chi connectivity index (χ1v) is 8.19. The van der Waals surface area contributed by atoms with Gasteiger partial charge in [0, 0.05) is 15.8 Å². The van der Waals surface area contributed by atoms with Crippen molar-refractivity contribution in [2.45, 2.75) is 43.0 Å². The van der Waals surface area contributed by atoms with Gasteiger partial charge in [0.1, 0.15) is 5.82 Å². The summed E-state index contributed by atoms with van der Waals surface area (Å²) in [7, 11) is 0. The molecule has 0 fully saturated rings. The zero-order valence-electron chi connectivity index (χ0n) is 12.8. The summed E-state index contributed by atoms with van der Waals surface area (Å²) in [5.41, 5.74) is 2.27. The molecule has 0 aromatic heterocycles. The monoisotopic (exact) mass is 303 g/mol. The molecule has 2 aromatic carbocycles. The molecule has 2 aromatic rings. The SMILES string of the molecule is CCCNC(C)c1cc(F)ccc1Sc1ccccc1C. The first-order valence-electron chi connectivity index (χ1n) is 7.38. The number of nitrogens with one attached hydrogen (secondary N) is 1. The molecule has 0 saturated heterocycles. The summed E-state index contributed by atoms with van der Waals surface area (Å²) in [6.45, 7) is 7.26. The average Bonchev–Trinajstić information content (AvgIpc) is 2.48. The fourth-order valence-electron chi connectivity index (χ4n) is 2.21. The van der Waals surface area contributed by atoms with Crippen LogP contribution in [-0.4, -0.2) is 6.54 Å². The maximum atomic E-state index is 13.6. The van der Waals surface area contributed by atoms with E-state index in [0.29, 0.717) is 0 Å². The molecule has 0 aliphatic heterocycles. The molecule has 112 valence electrons. The van der Waals surface area contributed by atoms with Gasteiger partial charge < -0.3 is 5.32 Å². The molecule has 0 radical (unpaired) electrons. The van der Waals surface area contributed by atoms with Crippen molar-refractivity contribution in [3.8, 4) is 0 Å². The van der Waals surface area contributed by atoms with E-state index in [1.165, 1.54) is 16.5 Å². The Morgan fingerprint density at radius 1 is 1.14 bits per heavy atom. The fraction of sp³-hybridized carbons (Fsp3) is 0.333. The minimum Gasteiger partial charge on any atom is -0.310 e. The molecule has 1 N–H and O–H groups in total. The number of halogens is 1. The summed E-state index contributed by atoms with van der Waals surface area (Å²) in [6.07, 6.45) is 1.07. The summed E-state index contributed by atoms with van der Waals surface area (Å²) in [4.78, 5) is 2.33. The lowest BCUT2D eigenvalue weighted by Crippen LogP contribution is -2.20. The van der Waals surface area contributed by atoms with Gasteiger partial charge in [-0.3, -0.25) is 0 Å². The predicted octanol–water partition coefficient (Wildman–Crippen LogP) is 5.35. The number of hydrogen-bond acceptors (Lipinski definition) is 2. The Balaban J connectivity index is 2.28. The number of hydrogen-bond donors (Lipinski definition) is 1. The number of rotatable bonds is 6. The molecule has 0 saturated carbocycles. The Bertz CT molecular complexity index is 598. The third-order valence-corrected chi connectivity index (χ3v) is 4.72. The molecular weight excluding hydrogens is 281 g/mol. The maximum Gasteiger partial charge on any atom is 0.123 e. The van der Waals surface area contributed by atoms with Gasteiger partial charge in [-0.25, -0.2) is 4.39 Å². The molecule has 21 heavy (non-hydrogen) atoms. The van der Waals surface area contributed by atoms with Gasteiger partial charge in [0.05, 0.1) is 0 Å². The van der Waals surface area contributed by atoms with Crippen LogP contribution in [0, 0.1) is 12.7 Å². The van der Waals surface area contributed by atoms with E-state index in [1.54, 1.807) is 17.8 Å². The van der Waals surface area contributed by atoms with E-state index >= 15 is 0 Å². The van der Waals surface area contributed by atoms with Crippen molar-refractivity contribution in [2.75, 3.05) is 6.54 Å². The topological polar surface area (TPSA) is 12.0 Å². The van der Waals surface area contributed by atoms with Crippen LogP contribution in [0.1, 0.15) is 37.4 Å². The standard InChI is InChI=1S/C18H22FNS/c1-4-11-20-14(3)16-12-15(19)9-10-18(16)21-17-8-6-5-7-13(17)2/h5-10,12,14,20H,4,11H2,1-3H3. The zero-order chi connectivity index (χ0) is 15.2. The quantitative estimate of drug-likeness (QED) is 0.772. The van der Waals surface area contributed by atoms with E-state index in [0.717, 1.165) is 23.4 Å². The third kappa shape index (κ3) is 4.32. The van der Waals surface area contributed by atoms with Crippen molar-refractivity contribution >= 4 is 11.8 Å². The lowest BCUT2D eigenvalue weighted by molar-refractivity contribution is 0.554. The number of aryl methyl sites for hydroxylation is 1. The Hall–Kier alpha value is -1.32. The highest BCUT2D eigenvalue weighted by Crippen LogP contribution is 2.35. The van der Waals surface area contributed by atoms with Gasteiger partial charge in [-0.05, 0) is 62.2 Å². The summed E-state index contributed by atoms with van der Waals surface area (Å²) >= 11 is 1.70. The van der Waals surface area contributed by atoms with Crippen LogP contribution in [0.2, 0.25) is 0 Å². The van der Waals surface area contributed by atoms with Crippen LogP contribution in [0.4, 0.5) is 4.39 Å². The Morgan fingerprint density at radius 2 is 1.90 bits per heavy atom. The van der Waals surface area contributed by atoms with Gasteiger partial charge in [0.15, 0.2) is 0 Å². The van der Waals surface area contributed by atoms with Crippen LogP contribution in [-0.2, 0) is 0 Å². The van der Waals surface area contributed by atoms with Crippen molar-refractivity contribution < 1.29 is 4.39 Å². The van der Waals surface area contributed by atoms with Gasteiger partial charge >= 0.3 is 0 Å². The average molecular weight is 303 g/mol. The molecule has 0 amide bonds. The van der Waals surface area contributed by atoms with E-state index in [-0.39, 0.29) is 11.9 Å². The highest BCUT2D eigenvalue weighted by molar-refractivity contribution is 7.99. The molecule has 0 bridgehead atoms. The molecular formula is C18H22FNS. The summed E-state index contributed by atoms with van der Waals surface area (Å²) in [6, 6.07) is 13.5. The van der Waals surface area contributed by atoms with Crippen LogP contribution in [0.3, 0.4) is 0 Å². The molecule has 0 heterocycles. The highest BCUT2D eigenvalue weighted by atomic mass is 32.2. The number of benzene rings is 2. The smallest absolute Gasteiger partial charge is 0.123 e. The van der Waals surface area contributed by atoms with Crippen molar-refractivity contribution in [2.24, 2.45) is 0 Å². The van der Waals surface area contributed by atoms with Gasteiger partial charge in [0.25, 0.3) is 0 Å². The molecule has 1 nitrogen and oxygen atoms in total. The van der Waals surface area contributed by atoms with Crippen molar-refractivity contribution in [1.29, 1.82) is 0 Å². The van der Waals surface area contributed by atoms with Crippen LogP contribution < -0.4 is 5.32 Å². The van der Waals surface area contributed by atoms with Crippen LogP contribution >= 0.6 is 11.8 Å². The first kappa shape index (κ1) is 16.1. The molecule has 2 rings (SSSR count). The van der Waals surface area contributed by atoms with Gasteiger partial charge in [-0.2, -0.15) is 0 Å². The molecule has 3 heteroatoms. The first-order chi connectivity index (χ1) is 10.1. The van der Waals surface area contributed by atoms with E-state index in [9.17, 15) is 4.39 Å². The largest absolute Gasteiger partial charge is 0.310 e. The third-order valence-electron chi connectivity index (χ3n) is 3.45. The van der Waals surface area contributed by atoms with E-state index in [1.807, 2.05) is 18.2 Å². The lowest BCUT2D eigenvalue weighted by Gasteiger charge is -2.18.